The van der Waals surface area contributed by atoms with Crippen molar-refractivity contribution in [1.82, 2.24) is 4.48 Å². The Balaban J connectivity index is 1.86. The van der Waals surface area contributed by atoms with Gasteiger partial charge in [0.05, 0.1) is 4.88 Å². The van der Waals surface area contributed by atoms with Gasteiger partial charge in [-0.25, -0.2) is 0 Å². The molecule has 0 saturated heterocycles. The summed E-state index contributed by atoms with van der Waals surface area (Å²) in [7, 11) is 0. The number of thiophene rings is 1. The van der Waals surface area contributed by atoms with E-state index in [9.17, 15) is 4.79 Å². The molecule has 122 valence electrons. The first-order chi connectivity index (χ1) is 11.5. The molecule has 0 bridgehead atoms. The summed E-state index contributed by atoms with van der Waals surface area (Å²) in [5, 5.41) is 1.88. The number of aromatic nitrogens is 1. The van der Waals surface area contributed by atoms with Crippen LogP contribution in [0.5, 0.6) is 0 Å². The van der Waals surface area contributed by atoms with Crippen molar-refractivity contribution in [2.24, 2.45) is 0 Å². The maximum atomic E-state index is 15.4. The summed E-state index contributed by atoms with van der Waals surface area (Å²) in [5.41, 5.74) is 2.02. The van der Waals surface area contributed by atoms with Crippen LogP contribution in [0, 0.1) is 0 Å². The molecule has 0 atom stereocenters. The smallest absolute Gasteiger partial charge is 0.394 e. The molecule has 4 heterocycles. The van der Waals surface area contributed by atoms with Crippen molar-refractivity contribution in [3.8, 4) is 0 Å². The summed E-state index contributed by atoms with van der Waals surface area (Å²) in [6.07, 6.45) is 5.84. The minimum absolute atomic E-state index is 0.00193. The lowest BCUT2D eigenvalue weighted by atomic mass is 9.90. The van der Waals surface area contributed by atoms with Crippen LogP contribution < -0.4 is 0 Å². The van der Waals surface area contributed by atoms with E-state index < -0.39 is 6.97 Å². The van der Waals surface area contributed by atoms with Crippen LogP contribution in [-0.2, 0) is 11.2 Å². The topological polar surface area (TPSA) is 25.0 Å². The number of ketones is 1. The van der Waals surface area contributed by atoms with E-state index in [4.69, 9.17) is 0 Å². The minimum Gasteiger partial charge on any atom is -0.394 e. The minimum atomic E-state index is -3.99. The third kappa shape index (κ3) is 2.23. The Morgan fingerprint density at radius 3 is 2.83 bits per heavy atom. The Labute approximate surface area is 142 Å². The molecule has 2 aromatic rings. The maximum Gasteiger partial charge on any atom is 0.737 e. The van der Waals surface area contributed by atoms with E-state index in [-0.39, 0.29) is 12.2 Å². The molecule has 2 aliphatic heterocycles. The molecule has 7 heteroatoms. The number of halogens is 2. The summed E-state index contributed by atoms with van der Waals surface area (Å²) in [4.78, 5) is 12.0. The van der Waals surface area contributed by atoms with E-state index in [1.54, 1.807) is 30.4 Å². The van der Waals surface area contributed by atoms with Crippen LogP contribution in [0.4, 0.5) is 8.63 Å². The Kier molecular flexibility index (Phi) is 3.42. The van der Waals surface area contributed by atoms with Crippen molar-refractivity contribution in [3.05, 3.63) is 63.8 Å². The zero-order chi connectivity index (χ0) is 16.9. The predicted molar refractivity (Wildman–Crippen MR) is 92.6 cm³/mol. The van der Waals surface area contributed by atoms with Gasteiger partial charge in [0.1, 0.15) is 5.78 Å². The lowest BCUT2D eigenvalue weighted by Gasteiger charge is -2.30. The number of Topliss-reactive ketones (excluding diaryl/α,β-unsaturated/α-hetero) is 1. The summed E-state index contributed by atoms with van der Waals surface area (Å²) in [6.45, 7) is -2.51. The van der Waals surface area contributed by atoms with E-state index in [1.807, 2.05) is 17.5 Å². The lowest BCUT2D eigenvalue weighted by Crippen LogP contribution is -2.50. The lowest BCUT2D eigenvalue weighted by molar-refractivity contribution is -0.360. The van der Waals surface area contributed by atoms with Crippen LogP contribution in [0.2, 0.25) is 0 Å². The molecule has 0 amide bonds. The molecule has 3 nitrogen and oxygen atoms in total. The van der Waals surface area contributed by atoms with Crippen molar-refractivity contribution in [2.45, 2.75) is 19.8 Å². The van der Waals surface area contributed by atoms with Gasteiger partial charge in [-0.2, -0.15) is 0 Å². The van der Waals surface area contributed by atoms with E-state index in [0.29, 0.717) is 29.2 Å². The predicted octanol–water partition coefficient (Wildman–Crippen LogP) is 3.72. The Morgan fingerprint density at radius 1 is 1.29 bits per heavy atom. The number of carbonyl (C=O) groups is 1. The number of nitrogens with zero attached hydrogens (tertiary/aromatic N) is 2. The van der Waals surface area contributed by atoms with Gasteiger partial charge >= 0.3 is 6.97 Å². The zero-order valence-electron chi connectivity index (χ0n) is 13.1. The van der Waals surface area contributed by atoms with Crippen LogP contribution in [0.3, 0.4) is 0 Å². The summed E-state index contributed by atoms with van der Waals surface area (Å²) in [6, 6.07) is 7.10. The van der Waals surface area contributed by atoms with Crippen molar-refractivity contribution in [2.75, 3.05) is 0 Å². The zero-order valence-corrected chi connectivity index (χ0v) is 13.9. The SMILES string of the molecule is CC(=O)CCc1ccc2n1[B-](F)(F)[N+]1=C(c3cccs3)C=CC1=C2. The standard InChI is InChI=1S/C17H15BF2N2OS/c1-12(23)4-5-13-6-7-14-11-15-8-9-16(17-3-2-10-24-17)22(15)18(19,20)21(13)14/h2-3,6-11H,4-5H2,1H3. The van der Waals surface area contributed by atoms with Gasteiger partial charge in [-0.3, -0.25) is 0 Å². The second-order valence-electron chi connectivity index (χ2n) is 6.04. The molecule has 0 spiro atoms. The Morgan fingerprint density at radius 2 is 2.12 bits per heavy atom. The molecule has 0 N–H and O–H groups in total. The van der Waals surface area contributed by atoms with Crippen molar-refractivity contribution in [1.29, 1.82) is 0 Å². The molecule has 0 radical (unpaired) electrons. The van der Waals surface area contributed by atoms with Crippen molar-refractivity contribution < 1.29 is 17.9 Å². The van der Waals surface area contributed by atoms with Crippen molar-refractivity contribution in [3.63, 3.8) is 0 Å². The third-order valence-electron chi connectivity index (χ3n) is 4.41. The first-order valence-electron chi connectivity index (χ1n) is 7.80. The average Bonchev–Trinajstić information content (AvgIpc) is 3.24. The van der Waals surface area contributed by atoms with Gasteiger partial charge < -0.3 is 22.4 Å². The van der Waals surface area contributed by atoms with Gasteiger partial charge in [-0.05, 0) is 42.6 Å². The fourth-order valence-electron chi connectivity index (χ4n) is 3.33. The maximum absolute atomic E-state index is 15.4. The second-order valence-corrected chi connectivity index (χ2v) is 6.99. The first kappa shape index (κ1) is 15.3. The van der Waals surface area contributed by atoms with Gasteiger partial charge in [0, 0.05) is 30.3 Å². The summed E-state index contributed by atoms with van der Waals surface area (Å²) >= 11 is 1.44. The van der Waals surface area contributed by atoms with Crippen LogP contribution in [0.1, 0.15) is 29.6 Å². The molecule has 0 aromatic carbocycles. The Hall–Kier alpha value is -2.28. The normalized spacial score (nSPS) is 17.7. The highest BCUT2D eigenvalue weighted by Crippen LogP contribution is 2.34. The molecule has 2 aromatic heterocycles. The number of rotatable bonds is 4. The quantitative estimate of drug-likeness (QED) is 0.776. The first-order valence-corrected chi connectivity index (χ1v) is 8.68. The van der Waals surface area contributed by atoms with E-state index in [2.05, 4.69) is 0 Å². The van der Waals surface area contributed by atoms with Gasteiger partial charge in [0.2, 0.25) is 0 Å². The molecule has 24 heavy (non-hydrogen) atoms. The fourth-order valence-corrected chi connectivity index (χ4v) is 4.08. The van der Waals surface area contributed by atoms with Gasteiger partial charge in [-0.15, -0.1) is 11.3 Å². The second kappa shape index (κ2) is 5.38. The number of carbonyl (C=O) groups excluding carboxylic acids is 1. The average molecular weight is 344 g/mol. The van der Waals surface area contributed by atoms with E-state index in [1.165, 1.54) is 18.3 Å². The highest BCUT2D eigenvalue weighted by atomic mass is 32.1. The number of hydrogen-bond acceptors (Lipinski definition) is 2. The third-order valence-corrected chi connectivity index (χ3v) is 5.30. The number of hydrogen-bond donors (Lipinski definition) is 0. The summed E-state index contributed by atoms with van der Waals surface area (Å²) < 4.78 is 33.0. The Bertz CT molecular complexity index is 923. The number of allylic oxidation sites excluding steroid dienone is 2. The summed E-state index contributed by atoms with van der Waals surface area (Å²) in [5.74, 6) is 0.00193. The molecular formula is C17H15BF2N2OS. The van der Waals surface area contributed by atoms with Crippen molar-refractivity contribution >= 4 is 35.9 Å². The van der Waals surface area contributed by atoms with Crippen LogP contribution in [0.25, 0.3) is 6.08 Å². The fraction of sp³-hybridized carbons (Fsp3) is 0.176. The van der Waals surface area contributed by atoms with Crippen LogP contribution in [-0.4, -0.2) is 27.4 Å². The molecule has 4 rings (SSSR count). The monoisotopic (exact) mass is 344 g/mol. The highest BCUT2D eigenvalue weighted by Gasteiger charge is 2.52. The van der Waals surface area contributed by atoms with Crippen LogP contribution >= 0.6 is 11.3 Å². The number of aryl methyl sites for hydroxylation is 1. The van der Waals surface area contributed by atoms with Crippen LogP contribution in [0.15, 0.2) is 47.5 Å². The molecular weight excluding hydrogens is 329 g/mol. The largest absolute Gasteiger partial charge is 0.737 e. The van der Waals surface area contributed by atoms with Gasteiger partial charge in [-0.1, -0.05) is 6.07 Å². The van der Waals surface area contributed by atoms with Gasteiger partial charge in [0.25, 0.3) is 0 Å². The molecule has 0 aliphatic carbocycles. The molecule has 0 fully saturated rings. The molecule has 0 saturated carbocycles. The molecule has 2 aliphatic rings. The van der Waals surface area contributed by atoms with Gasteiger partial charge in [0.15, 0.2) is 11.4 Å². The van der Waals surface area contributed by atoms with E-state index in [0.717, 1.165) is 13.8 Å². The van der Waals surface area contributed by atoms with E-state index >= 15 is 8.63 Å². The highest BCUT2D eigenvalue weighted by molar-refractivity contribution is 7.12. The number of fused-ring (bicyclic) bond motifs is 2. The molecule has 0 unspecified atom stereocenters.